The standard InChI is InChI=1S/C19H14N2O2/c20-14-16-10-7-13-18(15-8-3-1-4-9-15)21(16)19(22)23-17-11-5-2-6-12-17/h1-13,18H. The minimum atomic E-state index is -0.581. The minimum absolute atomic E-state index is 0.252. The third-order valence-electron chi connectivity index (χ3n) is 3.49. The van der Waals surface area contributed by atoms with Gasteiger partial charge in [0.2, 0.25) is 0 Å². The molecule has 2 aromatic rings. The third kappa shape index (κ3) is 3.14. The molecule has 0 aliphatic carbocycles. The van der Waals surface area contributed by atoms with E-state index in [1.165, 1.54) is 4.90 Å². The molecule has 3 rings (SSSR count). The van der Waals surface area contributed by atoms with Crippen LogP contribution in [0.2, 0.25) is 0 Å². The van der Waals surface area contributed by atoms with Gasteiger partial charge in [0.1, 0.15) is 17.5 Å². The molecule has 0 saturated carbocycles. The summed E-state index contributed by atoms with van der Waals surface area (Å²) in [5, 5.41) is 9.34. The quantitative estimate of drug-likeness (QED) is 0.835. The van der Waals surface area contributed by atoms with Crippen LogP contribution in [0.3, 0.4) is 0 Å². The number of amides is 1. The van der Waals surface area contributed by atoms with Gasteiger partial charge >= 0.3 is 6.09 Å². The summed E-state index contributed by atoms with van der Waals surface area (Å²) in [5.41, 5.74) is 1.16. The van der Waals surface area contributed by atoms with Gasteiger partial charge in [0.15, 0.2) is 0 Å². The maximum atomic E-state index is 12.6. The normalized spacial score (nSPS) is 16.4. The molecule has 0 spiro atoms. The van der Waals surface area contributed by atoms with Crippen molar-refractivity contribution in [2.75, 3.05) is 0 Å². The first kappa shape index (κ1) is 14.6. The lowest BCUT2D eigenvalue weighted by atomic mass is 10.0. The zero-order valence-corrected chi connectivity index (χ0v) is 12.3. The molecule has 112 valence electrons. The van der Waals surface area contributed by atoms with Gasteiger partial charge in [-0.2, -0.15) is 5.26 Å². The maximum absolute atomic E-state index is 12.6. The molecule has 1 unspecified atom stereocenters. The summed E-state index contributed by atoms with van der Waals surface area (Å²) in [7, 11) is 0. The molecule has 1 aliphatic rings. The molecule has 0 saturated heterocycles. The Balaban J connectivity index is 1.91. The van der Waals surface area contributed by atoms with Crippen LogP contribution >= 0.6 is 0 Å². The van der Waals surface area contributed by atoms with Crippen molar-refractivity contribution in [3.8, 4) is 11.8 Å². The Bertz CT molecular complexity index is 789. The zero-order chi connectivity index (χ0) is 16.1. The summed E-state index contributed by atoms with van der Waals surface area (Å²) >= 11 is 0. The van der Waals surface area contributed by atoms with Crippen LogP contribution in [0.25, 0.3) is 0 Å². The number of allylic oxidation sites excluding steroid dienone is 3. The Labute approximate surface area is 134 Å². The van der Waals surface area contributed by atoms with E-state index in [2.05, 4.69) is 6.07 Å². The van der Waals surface area contributed by atoms with Gasteiger partial charge in [-0.3, -0.25) is 4.90 Å². The van der Waals surface area contributed by atoms with Crippen molar-refractivity contribution < 1.29 is 9.53 Å². The number of carbonyl (C=O) groups excluding carboxylic acids is 1. The van der Waals surface area contributed by atoms with Gasteiger partial charge in [0, 0.05) is 0 Å². The predicted molar refractivity (Wildman–Crippen MR) is 86.3 cm³/mol. The van der Waals surface area contributed by atoms with Crippen molar-refractivity contribution in [2.45, 2.75) is 6.04 Å². The highest BCUT2D eigenvalue weighted by atomic mass is 16.6. The second-order valence-corrected chi connectivity index (χ2v) is 4.96. The Morgan fingerprint density at radius 3 is 2.35 bits per heavy atom. The maximum Gasteiger partial charge on any atom is 0.421 e. The number of carbonyl (C=O) groups is 1. The van der Waals surface area contributed by atoms with Gasteiger partial charge < -0.3 is 4.74 Å². The van der Waals surface area contributed by atoms with Crippen LogP contribution in [0.5, 0.6) is 5.75 Å². The van der Waals surface area contributed by atoms with Crippen molar-refractivity contribution in [2.24, 2.45) is 0 Å². The van der Waals surface area contributed by atoms with E-state index in [1.54, 1.807) is 36.4 Å². The monoisotopic (exact) mass is 302 g/mol. The van der Waals surface area contributed by atoms with E-state index in [1.807, 2.05) is 42.5 Å². The molecule has 0 aromatic heterocycles. The first-order chi connectivity index (χ1) is 11.3. The van der Waals surface area contributed by atoms with Gasteiger partial charge in [0.25, 0.3) is 0 Å². The zero-order valence-electron chi connectivity index (χ0n) is 12.3. The SMILES string of the molecule is N#CC1=CC=CC(c2ccccc2)N1C(=O)Oc1ccccc1. The van der Waals surface area contributed by atoms with Crippen LogP contribution in [-0.2, 0) is 0 Å². The highest BCUT2D eigenvalue weighted by molar-refractivity contribution is 5.75. The molecule has 0 fully saturated rings. The third-order valence-corrected chi connectivity index (χ3v) is 3.49. The number of nitrogens with zero attached hydrogens (tertiary/aromatic N) is 2. The van der Waals surface area contributed by atoms with Crippen LogP contribution in [0.15, 0.2) is 84.6 Å². The predicted octanol–water partition coefficient (Wildman–Crippen LogP) is 4.21. The summed E-state index contributed by atoms with van der Waals surface area (Å²) in [6.45, 7) is 0. The lowest BCUT2D eigenvalue weighted by Crippen LogP contribution is -2.36. The van der Waals surface area contributed by atoms with E-state index >= 15 is 0 Å². The average molecular weight is 302 g/mol. The van der Waals surface area contributed by atoms with E-state index < -0.39 is 6.09 Å². The Hall–Kier alpha value is -3.32. The number of nitriles is 1. The molecule has 1 atom stereocenters. The molecule has 4 nitrogen and oxygen atoms in total. The lowest BCUT2D eigenvalue weighted by Gasteiger charge is -2.30. The summed E-state index contributed by atoms with van der Waals surface area (Å²) < 4.78 is 5.40. The largest absolute Gasteiger partial charge is 0.421 e. The fourth-order valence-corrected chi connectivity index (χ4v) is 2.42. The van der Waals surface area contributed by atoms with E-state index in [-0.39, 0.29) is 11.7 Å². The van der Waals surface area contributed by atoms with Crippen LogP contribution in [0, 0.1) is 11.3 Å². The summed E-state index contributed by atoms with van der Waals surface area (Å²) in [6, 6.07) is 20.0. The van der Waals surface area contributed by atoms with Gasteiger partial charge in [-0.1, -0.05) is 60.7 Å². The second kappa shape index (κ2) is 6.63. The van der Waals surface area contributed by atoms with Gasteiger partial charge in [0.05, 0.1) is 6.04 Å². The van der Waals surface area contributed by atoms with Crippen molar-refractivity contribution in [1.82, 2.24) is 4.90 Å². The number of para-hydroxylation sites is 1. The van der Waals surface area contributed by atoms with Crippen LogP contribution in [-0.4, -0.2) is 11.0 Å². The first-order valence-electron chi connectivity index (χ1n) is 7.19. The van der Waals surface area contributed by atoms with E-state index in [4.69, 9.17) is 4.74 Å². The summed E-state index contributed by atoms with van der Waals surface area (Å²) in [6.07, 6.45) is 4.67. The van der Waals surface area contributed by atoms with E-state index in [9.17, 15) is 10.1 Å². The topological polar surface area (TPSA) is 53.3 Å². The second-order valence-electron chi connectivity index (χ2n) is 4.96. The average Bonchev–Trinajstić information content (AvgIpc) is 2.62. The lowest BCUT2D eigenvalue weighted by molar-refractivity contribution is 0.158. The number of hydrogen-bond donors (Lipinski definition) is 0. The molecule has 0 radical (unpaired) electrons. The van der Waals surface area contributed by atoms with Gasteiger partial charge in [-0.05, 0) is 23.8 Å². The molecule has 2 aromatic carbocycles. The van der Waals surface area contributed by atoms with Crippen LogP contribution < -0.4 is 4.74 Å². The van der Waals surface area contributed by atoms with E-state index in [0.29, 0.717) is 5.75 Å². The number of rotatable bonds is 2. The molecule has 23 heavy (non-hydrogen) atoms. The molecular weight excluding hydrogens is 288 g/mol. The van der Waals surface area contributed by atoms with Crippen LogP contribution in [0.1, 0.15) is 11.6 Å². The van der Waals surface area contributed by atoms with Gasteiger partial charge in [-0.25, -0.2) is 4.79 Å². The fraction of sp³-hybridized carbons (Fsp3) is 0.0526. The highest BCUT2D eigenvalue weighted by Crippen LogP contribution is 2.30. The molecule has 4 heteroatoms. The minimum Gasteiger partial charge on any atom is -0.410 e. The molecule has 0 bridgehead atoms. The number of ether oxygens (including phenoxy) is 1. The number of benzene rings is 2. The van der Waals surface area contributed by atoms with E-state index in [0.717, 1.165) is 5.56 Å². The summed E-state index contributed by atoms with van der Waals surface area (Å²) in [4.78, 5) is 14.0. The molecule has 1 heterocycles. The first-order valence-corrected chi connectivity index (χ1v) is 7.19. The van der Waals surface area contributed by atoms with Crippen molar-refractivity contribution in [3.63, 3.8) is 0 Å². The van der Waals surface area contributed by atoms with Crippen molar-refractivity contribution >= 4 is 6.09 Å². The number of hydrogen-bond acceptors (Lipinski definition) is 3. The molecular formula is C19H14N2O2. The smallest absolute Gasteiger partial charge is 0.410 e. The van der Waals surface area contributed by atoms with Crippen molar-refractivity contribution in [3.05, 3.63) is 90.2 Å². The molecule has 1 amide bonds. The highest BCUT2D eigenvalue weighted by Gasteiger charge is 2.30. The van der Waals surface area contributed by atoms with Crippen molar-refractivity contribution in [1.29, 1.82) is 5.26 Å². The Morgan fingerprint density at radius 2 is 1.70 bits per heavy atom. The molecule has 0 N–H and O–H groups in total. The Kier molecular flexibility index (Phi) is 4.21. The van der Waals surface area contributed by atoms with Gasteiger partial charge in [-0.15, -0.1) is 0 Å². The summed E-state index contributed by atoms with van der Waals surface area (Å²) in [5.74, 6) is 0.441. The Morgan fingerprint density at radius 1 is 1.04 bits per heavy atom. The van der Waals surface area contributed by atoms with Crippen LogP contribution in [0.4, 0.5) is 4.79 Å². The molecule has 1 aliphatic heterocycles. The fourth-order valence-electron chi connectivity index (χ4n) is 2.42.